The van der Waals surface area contributed by atoms with Crippen molar-refractivity contribution in [3.8, 4) is 0 Å². The molecule has 0 aromatic rings. The lowest BCUT2D eigenvalue weighted by Crippen LogP contribution is -2.31. The van der Waals surface area contributed by atoms with Crippen molar-refractivity contribution >= 4 is 43.1 Å². The average Bonchev–Trinajstić information content (AvgIpc) is 2.90. The number of thiol groups is 2. The molecule has 6 nitrogen and oxygen atoms in total. The summed E-state index contributed by atoms with van der Waals surface area (Å²) in [4.78, 5) is 33.6. The van der Waals surface area contributed by atoms with Crippen molar-refractivity contribution in [3.05, 3.63) is 0 Å². The molecule has 8 heteroatoms. The molecule has 0 aromatic carbocycles. The number of hydrogen-bond acceptors (Lipinski definition) is 7. The van der Waals surface area contributed by atoms with Crippen LogP contribution in [0, 0.1) is 17.3 Å². The Balaban J connectivity index is 0.000000525. The van der Waals surface area contributed by atoms with Crippen molar-refractivity contribution in [2.45, 2.75) is 71.5 Å². The first kappa shape index (κ1) is 27.3. The van der Waals surface area contributed by atoms with Gasteiger partial charge in [0.2, 0.25) is 5.91 Å². The number of nitrogens with two attached hydrogens (primary N) is 1. The Labute approximate surface area is 180 Å². The van der Waals surface area contributed by atoms with Crippen LogP contribution in [-0.2, 0) is 19.1 Å². The molecule has 3 N–H and O–H groups in total. The molecule has 1 heterocycles. The summed E-state index contributed by atoms with van der Waals surface area (Å²) >= 11 is 8.58. The number of nitrogens with one attached hydrogen (secondary N) is 1. The summed E-state index contributed by atoms with van der Waals surface area (Å²) in [6.45, 7) is 8.85. The summed E-state index contributed by atoms with van der Waals surface area (Å²) in [5.41, 5.74) is 5.12. The quantitative estimate of drug-likeness (QED) is 0.173. The van der Waals surface area contributed by atoms with E-state index in [1.54, 1.807) is 6.92 Å². The Kier molecular flexibility index (Phi) is 13.9. The van der Waals surface area contributed by atoms with Crippen LogP contribution in [0.15, 0.2) is 0 Å². The Morgan fingerprint density at radius 1 is 1.25 bits per heavy atom. The van der Waals surface area contributed by atoms with Gasteiger partial charge in [-0.15, -0.1) is 0 Å². The molecule has 1 rings (SSSR count). The van der Waals surface area contributed by atoms with Gasteiger partial charge in [0.05, 0.1) is 11.8 Å². The fourth-order valence-corrected chi connectivity index (χ4v) is 3.90. The number of esters is 2. The second kappa shape index (κ2) is 14.3. The van der Waals surface area contributed by atoms with Crippen LogP contribution in [-0.4, -0.2) is 41.9 Å². The third-order valence-electron chi connectivity index (χ3n) is 5.20. The smallest absolute Gasteiger partial charge is 0.318 e. The van der Waals surface area contributed by atoms with E-state index in [4.69, 9.17) is 5.73 Å². The Hall–Kier alpha value is -0.730. The van der Waals surface area contributed by atoms with Crippen molar-refractivity contribution < 1.29 is 19.1 Å². The van der Waals surface area contributed by atoms with E-state index in [1.165, 1.54) is 0 Å². The van der Waals surface area contributed by atoms with E-state index in [1.807, 2.05) is 20.8 Å². The molecule has 3 unspecified atom stereocenters. The van der Waals surface area contributed by atoms with Crippen LogP contribution >= 0.6 is 25.3 Å². The number of rotatable bonds is 11. The molecule has 1 fully saturated rings. The van der Waals surface area contributed by atoms with Gasteiger partial charge < -0.3 is 15.8 Å². The second-order valence-electron chi connectivity index (χ2n) is 7.90. The lowest BCUT2D eigenvalue weighted by atomic mass is 9.72. The van der Waals surface area contributed by atoms with Crippen LogP contribution in [0.1, 0.15) is 66.2 Å². The molecule has 0 bridgehead atoms. The maximum absolute atomic E-state index is 11.4. The molecule has 1 amide bonds. The predicted molar refractivity (Wildman–Crippen MR) is 120 cm³/mol. The SMILES string of the molecule is CCC(C)(C)C1C(=O)OC(=O)C1C.NCCNC(=O)CCCCC(S)CCS. The second-order valence-corrected chi connectivity index (χ2v) is 9.08. The topological polar surface area (TPSA) is 98.5 Å². The van der Waals surface area contributed by atoms with Crippen LogP contribution < -0.4 is 11.1 Å². The number of hydrogen-bond donors (Lipinski definition) is 4. The van der Waals surface area contributed by atoms with Crippen LogP contribution in [0.5, 0.6) is 0 Å². The van der Waals surface area contributed by atoms with E-state index in [-0.39, 0.29) is 35.1 Å². The van der Waals surface area contributed by atoms with E-state index in [9.17, 15) is 14.4 Å². The first-order valence-corrected chi connectivity index (χ1v) is 11.3. The lowest BCUT2D eigenvalue weighted by Gasteiger charge is -2.28. The molecule has 0 aromatic heterocycles. The summed E-state index contributed by atoms with van der Waals surface area (Å²) < 4.78 is 4.60. The Morgan fingerprint density at radius 3 is 2.36 bits per heavy atom. The number of ether oxygens (including phenoxy) is 1. The van der Waals surface area contributed by atoms with Gasteiger partial charge in [-0.3, -0.25) is 14.4 Å². The molecule has 0 spiro atoms. The maximum atomic E-state index is 11.4. The van der Waals surface area contributed by atoms with Crippen molar-refractivity contribution in [3.63, 3.8) is 0 Å². The summed E-state index contributed by atoms with van der Waals surface area (Å²) in [5, 5.41) is 3.18. The molecule has 3 atom stereocenters. The monoisotopic (exact) mass is 434 g/mol. The number of unbranched alkanes of at least 4 members (excludes halogenated alkanes) is 1. The zero-order valence-electron chi connectivity index (χ0n) is 17.7. The summed E-state index contributed by atoms with van der Waals surface area (Å²) in [7, 11) is 0. The molecule has 1 aliphatic heterocycles. The van der Waals surface area contributed by atoms with E-state index in [0.717, 1.165) is 37.9 Å². The third kappa shape index (κ3) is 10.2. The van der Waals surface area contributed by atoms with Crippen molar-refractivity contribution in [2.24, 2.45) is 23.0 Å². The van der Waals surface area contributed by atoms with Gasteiger partial charge in [-0.05, 0) is 30.4 Å². The van der Waals surface area contributed by atoms with Gasteiger partial charge >= 0.3 is 11.9 Å². The first-order valence-electron chi connectivity index (χ1n) is 10.1. The largest absolute Gasteiger partial charge is 0.393 e. The summed E-state index contributed by atoms with van der Waals surface area (Å²) in [6, 6.07) is 0. The van der Waals surface area contributed by atoms with Crippen LogP contribution in [0.3, 0.4) is 0 Å². The highest BCUT2D eigenvalue weighted by atomic mass is 32.1. The van der Waals surface area contributed by atoms with Gasteiger partial charge in [-0.25, -0.2) is 0 Å². The van der Waals surface area contributed by atoms with Gasteiger partial charge in [0.15, 0.2) is 0 Å². The number of carbonyl (C=O) groups is 3. The number of amides is 1. The van der Waals surface area contributed by atoms with E-state index in [0.29, 0.717) is 24.8 Å². The zero-order valence-corrected chi connectivity index (χ0v) is 19.5. The van der Waals surface area contributed by atoms with Crippen molar-refractivity contribution in [2.75, 3.05) is 18.8 Å². The molecule has 0 saturated carbocycles. The zero-order chi connectivity index (χ0) is 21.7. The van der Waals surface area contributed by atoms with Gasteiger partial charge in [0.25, 0.3) is 0 Å². The average molecular weight is 435 g/mol. The molecule has 0 aliphatic carbocycles. The van der Waals surface area contributed by atoms with E-state index >= 15 is 0 Å². The fraction of sp³-hybridized carbons (Fsp3) is 0.850. The highest BCUT2D eigenvalue weighted by Gasteiger charge is 2.48. The highest BCUT2D eigenvalue weighted by Crippen LogP contribution is 2.40. The fourth-order valence-electron chi connectivity index (χ4n) is 3.07. The van der Waals surface area contributed by atoms with Crippen LogP contribution in [0.4, 0.5) is 0 Å². The standard InChI is InChI=1S/C10H22N2OS2.C10H16O3/c11-6-7-12-10(13)4-2-1-3-9(15)5-8-14;1-5-10(3,4)7-6(2)8(11)13-9(7)12/h9,14-15H,1-8,11H2,(H,12,13);6-7H,5H2,1-4H3. The molecule has 1 aliphatic rings. The highest BCUT2D eigenvalue weighted by molar-refractivity contribution is 7.81. The Bertz CT molecular complexity index is 501. The number of cyclic esters (lactones) is 2. The maximum Gasteiger partial charge on any atom is 0.318 e. The first-order chi connectivity index (χ1) is 13.1. The van der Waals surface area contributed by atoms with Gasteiger partial charge in [0.1, 0.15) is 0 Å². The minimum atomic E-state index is -0.378. The summed E-state index contributed by atoms with van der Waals surface area (Å²) in [5.74, 6) is -0.316. The molecule has 28 heavy (non-hydrogen) atoms. The summed E-state index contributed by atoms with van der Waals surface area (Å²) in [6.07, 6.45) is 5.54. The van der Waals surface area contributed by atoms with Crippen molar-refractivity contribution in [1.82, 2.24) is 5.32 Å². The number of carbonyl (C=O) groups excluding carboxylic acids is 3. The molecular formula is C20H38N2O4S2. The van der Waals surface area contributed by atoms with Gasteiger partial charge in [-0.2, -0.15) is 25.3 Å². The van der Waals surface area contributed by atoms with Gasteiger partial charge in [0, 0.05) is 24.8 Å². The van der Waals surface area contributed by atoms with Crippen LogP contribution in [0.2, 0.25) is 0 Å². The third-order valence-corrected chi connectivity index (χ3v) is 5.97. The normalized spacial score (nSPS) is 20.2. The molecule has 1 saturated heterocycles. The van der Waals surface area contributed by atoms with Crippen molar-refractivity contribution in [1.29, 1.82) is 0 Å². The molecule has 164 valence electrons. The molecular weight excluding hydrogens is 396 g/mol. The minimum Gasteiger partial charge on any atom is -0.393 e. The minimum absolute atomic E-state index is 0.102. The Morgan fingerprint density at radius 2 is 1.89 bits per heavy atom. The molecule has 0 radical (unpaired) electrons. The lowest BCUT2D eigenvalue weighted by molar-refractivity contribution is -0.154. The predicted octanol–water partition coefficient (Wildman–Crippen LogP) is 3.00. The van der Waals surface area contributed by atoms with Gasteiger partial charge in [-0.1, -0.05) is 40.5 Å². The van der Waals surface area contributed by atoms with E-state index in [2.05, 4.69) is 35.3 Å². The van der Waals surface area contributed by atoms with E-state index < -0.39 is 0 Å². The van der Waals surface area contributed by atoms with Crippen LogP contribution in [0.25, 0.3) is 0 Å².